The molecule has 2 aromatic rings. The molecule has 0 saturated carbocycles. The minimum atomic E-state index is 0.649. The molecular formula is C12H18N6. The van der Waals surface area contributed by atoms with Gasteiger partial charge in [0, 0.05) is 31.5 Å². The van der Waals surface area contributed by atoms with E-state index in [-0.39, 0.29) is 0 Å². The van der Waals surface area contributed by atoms with E-state index in [9.17, 15) is 0 Å². The molecule has 0 fully saturated rings. The van der Waals surface area contributed by atoms with Crippen molar-refractivity contribution in [2.45, 2.75) is 20.4 Å². The van der Waals surface area contributed by atoms with Crippen LogP contribution in [0, 0.1) is 6.92 Å². The molecular weight excluding hydrogens is 228 g/mol. The van der Waals surface area contributed by atoms with E-state index in [1.165, 1.54) is 0 Å². The van der Waals surface area contributed by atoms with Crippen LogP contribution in [-0.4, -0.2) is 26.3 Å². The summed E-state index contributed by atoms with van der Waals surface area (Å²) in [6, 6.07) is 1.98. The van der Waals surface area contributed by atoms with E-state index in [2.05, 4.69) is 25.7 Å². The van der Waals surface area contributed by atoms with Crippen LogP contribution in [0.3, 0.4) is 0 Å². The standard InChI is InChI=1S/C12H18N6/c1-4-13-12-15-7-9(2)11(17-12)14-8-10-5-6-16-18(10)3/h5-7H,4,8H2,1-3H3,(H2,13,14,15,17). The van der Waals surface area contributed by atoms with Gasteiger partial charge in [-0.15, -0.1) is 0 Å². The van der Waals surface area contributed by atoms with Gasteiger partial charge in [0.2, 0.25) is 5.95 Å². The van der Waals surface area contributed by atoms with Crippen LogP contribution in [0.5, 0.6) is 0 Å². The first-order valence-electron chi connectivity index (χ1n) is 5.99. The Bertz CT molecular complexity index is 519. The topological polar surface area (TPSA) is 67.7 Å². The quantitative estimate of drug-likeness (QED) is 0.838. The molecule has 0 radical (unpaired) electrons. The highest BCUT2D eigenvalue weighted by Crippen LogP contribution is 2.13. The van der Waals surface area contributed by atoms with Crippen molar-refractivity contribution in [1.82, 2.24) is 19.7 Å². The maximum Gasteiger partial charge on any atom is 0.224 e. The second-order valence-electron chi connectivity index (χ2n) is 4.06. The van der Waals surface area contributed by atoms with Crippen molar-refractivity contribution in [2.24, 2.45) is 7.05 Å². The van der Waals surface area contributed by atoms with E-state index < -0.39 is 0 Å². The molecule has 0 aliphatic carbocycles. The smallest absolute Gasteiger partial charge is 0.224 e. The Morgan fingerprint density at radius 1 is 1.33 bits per heavy atom. The lowest BCUT2D eigenvalue weighted by Gasteiger charge is -2.10. The zero-order valence-corrected chi connectivity index (χ0v) is 10.9. The second-order valence-corrected chi connectivity index (χ2v) is 4.06. The van der Waals surface area contributed by atoms with Crippen LogP contribution in [0.25, 0.3) is 0 Å². The van der Waals surface area contributed by atoms with Gasteiger partial charge >= 0.3 is 0 Å². The summed E-state index contributed by atoms with van der Waals surface area (Å²) < 4.78 is 1.84. The van der Waals surface area contributed by atoms with Gasteiger partial charge in [0.15, 0.2) is 0 Å². The Labute approximate surface area is 106 Å². The SMILES string of the molecule is CCNc1ncc(C)c(NCc2ccnn2C)n1. The zero-order chi connectivity index (χ0) is 13.0. The summed E-state index contributed by atoms with van der Waals surface area (Å²) >= 11 is 0. The Kier molecular flexibility index (Phi) is 3.76. The molecule has 6 heteroatoms. The zero-order valence-electron chi connectivity index (χ0n) is 10.9. The van der Waals surface area contributed by atoms with Gasteiger partial charge in [-0.1, -0.05) is 0 Å². The molecule has 0 saturated heterocycles. The van der Waals surface area contributed by atoms with E-state index in [0.29, 0.717) is 12.5 Å². The normalized spacial score (nSPS) is 10.4. The summed E-state index contributed by atoms with van der Waals surface area (Å²) in [5.41, 5.74) is 2.14. The van der Waals surface area contributed by atoms with Crippen molar-refractivity contribution in [1.29, 1.82) is 0 Å². The van der Waals surface area contributed by atoms with Gasteiger partial charge in [0.05, 0.1) is 12.2 Å². The summed E-state index contributed by atoms with van der Waals surface area (Å²) in [6.45, 7) is 5.51. The van der Waals surface area contributed by atoms with Crippen LogP contribution < -0.4 is 10.6 Å². The van der Waals surface area contributed by atoms with E-state index in [1.54, 1.807) is 6.20 Å². The van der Waals surface area contributed by atoms with E-state index >= 15 is 0 Å². The molecule has 0 unspecified atom stereocenters. The van der Waals surface area contributed by atoms with Crippen molar-refractivity contribution in [3.63, 3.8) is 0 Å². The molecule has 6 nitrogen and oxygen atoms in total. The third kappa shape index (κ3) is 2.77. The number of anilines is 2. The van der Waals surface area contributed by atoms with E-state index in [4.69, 9.17) is 0 Å². The van der Waals surface area contributed by atoms with Crippen molar-refractivity contribution in [3.8, 4) is 0 Å². The molecule has 0 aliphatic rings. The Morgan fingerprint density at radius 2 is 2.17 bits per heavy atom. The molecule has 0 aliphatic heterocycles. The third-order valence-corrected chi connectivity index (χ3v) is 2.67. The minimum absolute atomic E-state index is 0.649. The molecule has 2 heterocycles. The van der Waals surface area contributed by atoms with Gasteiger partial charge in [0.1, 0.15) is 5.82 Å². The molecule has 0 amide bonds. The number of hydrogen-bond donors (Lipinski definition) is 2. The molecule has 18 heavy (non-hydrogen) atoms. The van der Waals surface area contributed by atoms with E-state index in [1.807, 2.05) is 37.8 Å². The number of nitrogens with zero attached hydrogens (tertiary/aromatic N) is 4. The van der Waals surface area contributed by atoms with E-state index in [0.717, 1.165) is 23.6 Å². The number of hydrogen-bond acceptors (Lipinski definition) is 5. The predicted molar refractivity (Wildman–Crippen MR) is 71.5 cm³/mol. The average molecular weight is 246 g/mol. The van der Waals surface area contributed by atoms with Crippen LogP contribution in [0.15, 0.2) is 18.5 Å². The Morgan fingerprint density at radius 3 is 2.83 bits per heavy atom. The van der Waals surface area contributed by atoms with Crippen LogP contribution >= 0.6 is 0 Å². The molecule has 0 spiro atoms. The maximum absolute atomic E-state index is 4.43. The predicted octanol–water partition coefficient (Wildman–Crippen LogP) is 1.56. The number of aromatic nitrogens is 4. The van der Waals surface area contributed by atoms with Crippen molar-refractivity contribution >= 4 is 11.8 Å². The molecule has 0 bridgehead atoms. The van der Waals surface area contributed by atoms with Crippen molar-refractivity contribution < 1.29 is 0 Å². The third-order valence-electron chi connectivity index (χ3n) is 2.67. The molecule has 2 N–H and O–H groups in total. The summed E-state index contributed by atoms with van der Waals surface area (Å²) in [6.07, 6.45) is 3.60. The summed E-state index contributed by atoms with van der Waals surface area (Å²) in [5.74, 6) is 1.50. The van der Waals surface area contributed by atoms with Crippen molar-refractivity contribution in [2.75, 3.05) is 17.2 Å². The summed E-state index contributed by atoms with van der Waals surface area (Å²) in [7, 11) is 1.92. The number of nitrogens with one attached hydrogen (secondary N) is 2. The van der Waals surface area contributed by atoms with Crippen LogP contribution in [0.4, 0.5) is 11.8 Å². The van der Waals surface area contributed by atoms with Gasteiger partial charge in [-0.3, -0.25) is 4.68 Å². The highest BCUT2D eigenvalue weighted by Gasteiger charge is 2.04. The largest absolute Gasteiger partial charge is 0.364 e. The monoisotopic (exact) mass is 246 g/mol. The average Bonchev–Trinajstić information content (AvgIpc) is 2.76. The lowest BCUT2D eigenvalue weighted by molar-refractivity contribution is 0.719. The fraction of sp³-hybridized carbons (Fsp3) is 0.417. The minimum Gasteiger partial charge on any atom is -0.364 e. The Balaban J connectivity index is 2.08. The molecule has 0 aromatic carbocycles. The lowest BCUT2D eigenvalue weighted by Crippen LogP contribution is -2.10. The fourth-order valence-electron chi connectivity index (χ4n) is 1.61. The van der Waals surface area contributed by atoms with Gasteiger partial charge < -0.3 is 10.6 Å². The second kappa shape index (κ2) is 5.48. The van der Waals surface area contributed by atoms with Gasteiger partial charge in [-0.25, -0.2) is 4.98 Å². The highest BCUT2D eigenvalue weighted by atomic mass is 15.3. The Hall–Kier alpha value is -2.11. The fourth-order valence-corrected chi connectivity index (χ4v) is 1.61. The number of aryl methyl sites for hydroxylation is 2. The number of rotatable bonds is 5. The van der Waals surface area contributed by atoms with Gasteiger partial charge in [-0.05, 0) is 19.9 Å². The van der Waals surface area contributed by atoms with Crippen LogP contribution in [0.2, 0.25) is 0 Å². The summed E-state index contributed by atoms with van der Waals surface area (Å²) in [4.78, 5) is 8.64. The molecule has 2 rings (SSSR count). The first kappa shape index (κ1) is 12.3. The van der Waals surface area contributed by atoms with Crippen LogP contribution in [-0.2, 0) is 13.6 Å². The van der Waals surface area contributed by atoms with Crippen molar-refractivity contribution in [3.05, 3.63) is 29.7 Å². The first-order chi connectivity index (χ1) is 8.70. The first-order valence-corrected chi connectivity index (χ1v) is 5.99. The molecule has 0 atom stereocenters. The van der Waals surface area contributed by atoms with Crippen LogP contribution in [0.1, 0.15) is 18.2 Å². The molecule has 2 aromatic heterocycles. The maximum atomic E-state index is 4.43. The summed E-state index contributed by atoms with van der Waals surface area (Å²) in [5, 5.41) is 10.5. The van der Waals surface area contributed by atoms with Gasteiger partial charge in [-0.2, -0.15) is 10.1 Å². The lowest BCUT2D eigenvalue weighted by atomic mass is 10.3. The molecule has 96 valence electrons. The highest BCUT2D eigenvalue weighted by molar-refractivity contribution is 5.46. The van der Waals surface area contributed by atoms with Gasteiger partial charge in [0.25, 0.3) is 0 Å².